The summed E-state index contributed by atoms with van der Waals surface area (Å²) in [6.07, 6.45) is 3.11. The predicted molar refractivity (Wildman–Crippen MR) is 163 cm³/mol. The molecule has 1 aliphatic heterocycles. The molecule has 2 aromatic carbocycles. The second kappa shape index (κ2) is 13.2. The molecule has 5 rings (SSSR count). The Morgan fingerprint density at radius 3 is 2.42 bits per heavy atom. The van der Waals surface area contributed by atoms with E-state index >= 15 is 0 Å². The van der Waals surface area contributed by atoms with Crippen LogP contribution in [0.4, 0.5) is 11.4 Å². The van der Waals surface area contributed by atoms with Crippen LogP contribution in [0.15, 0.2) is 71.4 Å². The third-order valence-corrected chi connectivity index (χ3v) is 7.76. The van der Waals surface area contributed by atoms with Crippen molar-refractivity contribution in [3.05, 3.63) is 82.5 Å². The number of nitrogens with zero attached hydrogens (tertiary/aromatic N) is 4. The van der Waals surface area contributed by atoms with Gasteiger partial charge in [-0.05, 0) is 54.8 Å². The summed E-state index contributed by atoms with van der Waals surface area (Å²) in [6, 6.07) is 19.0. The van der Waals surface area contributed by atoms with E-state index in [1.807, 2.05) is 0 Å². The van der Waals surface area contributed by atoms with Gasteiger partial charge in [-0.1, -0.05) is 69.8 Å². The fourth-order valence-electron chi connectivity index (χ4n) is 4.70. The van der Waals surface area contributed by atoms with Crippen molar-refractivity contribution in [1.82, 2.24) is 15.5 Å². The van der Waals surface area contributed by atoms with Crippen LogP contribution in [0.3, 0.4) is 0 Å². The van der Waals surface area contributed by atoms with E-state index in [2.05, 4.69) is 44.6 Å². The van der Waals surface area contributed by atoms with E-state index in [0.717, 1.165) is 32.6 Å². The highest BCUT2D eigenvalue weighted by molar-refractivity contribution is 6.54. The SMILES string of the molecule is O=C(C(Cl)Cl)N(CCCc1ccc(N2CCNCC2)cc1)c1ccnc(-c2cc(-c3c(Cl)cccc3Cl)no2)c1. The molecule has 0 bridgehead atoms. The zero-order chi connectivity index (χ0) is 28.1. The molecule has 3 heterocycles. The van der Waals surface area contributed by atoms with Gasteiger partial charge >= 0.3 is 0 Å². The Labute approximate surface area is 253 Å². The first kappa shape index (κ1) is 28.7. The predicted octanol–water partition coefficient (Wildman–Crippen LogP) is 6.89. The highest BCUT2D eigenvalue weighted by Crippen LogP contribution is 2.36. The minimum absolute atomic E-state index is 0.401. The zero-order valence-electron chi connectivity index (χ0n) is 21.5. The molecule has 0 saturated carbocycles. The van der Waals surface area contributed by atoms with Gasteiger partial charge in [0.25, 0.3) is 5.91 Å². The number of benzene rings is 2. The number of halogens is 4. The summed E-state index contributed by atoms with van der Waals surface area (Å²) in [4.78, 5) is 20.1. The lowest BCUT2D eigenvalue weighted by Gasteiger charge is -2.29. The molecule has 0 unspecified atom stereocenters. The number of nitrogens with one attached hydrogen (secondary N) is 1. The molecule has 40 heavy (non-hydrogen) atoms. The Bertz CT molecular complexity index is 1430. The number of alkyl halides is 2. The molecule has 2 aromatic heterocycles. The number of aryl methyl sites for hydroxylation is 1. The normalized spacial score (nSPS) is 13.6. The van der Waals surface area contributed by atoms with Crippen molar-refractivity contribution in [3.8, 4) is 22.7 Å². The third-order valence-electron chi connectivity index (χ3n) is 6.76. The quantitative estimate of drug-likeness (QED) is 0.206. The average Bonchev–Trinajstić information content (AvgIpc) is 3.46. The highest BCUT2D eigenvalue weighted by Gasteiger charge is 2.23. The molecular weight excluding hydrogens is 592 g/mol. The monoisotopic (exact) mass is 617 g/mol. The van der Waals surface area contributed by atoms with Crippen molar-refractivity contribution in [3.63, 3.8) is 0 Å². The number of piperazine rings is 1. The van der Waals surface area contributed by atoms with Crippen LogP contribution in [0, 0.1) is 0 Å². The van der Waals surface area contributed by atoms with Gasteiger partial charge in [-0.3, -0.25) is 9.78 Å². The first-order chi connectivity index (χ1) is 19.4. The van der Waals surface area contributed by atoms with Gasteiger partial charge in [-0.2, -0.15) is 0 Å². The first-order valence-electron chi connectivity index (χ1n) is 12.9. The lowest BCUT2D eigenvalue weighted by Crippen LogP contribution is -2.43. The van der Waals surface area contributed by atoms with Crippen molar-refractivity contribution in [2.24, 2.45) is 0 Å². The fourth-order valence-corrected chi connectivity index (χ4v) is 5.53. The van der Waals surface area contributed by atoms with Gasteiger partial charge in [0.15, 0.2) is 10.6 Å². The summed E-state index contributed by atoms with van der Waals surface area (Å²) in [7, 11) is 0. The smallest absolute Gasteiger partial charge is 0.260 e. The average molecular weight is 619 g/mol. The summed E-state index contributed by atoms with van der Waals surface area (Å²) in [5.41, 5.74) is 4.57. The number of aromatic nitrogens is 2. The van der Waals surface area contributed by atoms with Gasteiger partial charge in [0.05, 0.1) is 10.0 Å². The molecule has 0 radical (unpaired) electrons. The Hall–Kier alpha value is -2.81. The number of pyridine rings is 1. The molecule has 1 amide bonds. The van der Waals surface area contributed by atoms with Crippen LogP contribution in [0.5, 0.6) is 0 Å². The second-order valence-corrected chi connectivity index (χ2v) is 11.3. The number of anilines is 2. The Morgan fingerprint density at radius 1 is 1.00 bits per heavy atom. The van der Waals surface area contributed by atoms with Crippen LogP contribution in [-0.2, 0) is 11.2 Å². The van der Waals surface area contributed by atoms with Gasteiger partial charge in [-0.15, -0.1) is 0 Å². The molecule has 1 aliphatic rings. The van der Waals surface area contributed by atoms with E-state index in [-0.39, 0.29) is 0 Å². The molecule has 0 spiro atoms. The number of rotatable bonds is 9. The number of carbonyl (C=O) groups is 1. The number of carbonyl (C=O) groups excluding carboxylic acids is 1. The van der Waals surface area contributed by atoms with Gasteiger partial charge < -0.3 is 19.6 Å². The van der Waals surface area contributed by atoms with Crippen molar-refractivity contribution in [2.75, 3.05) is 42.5 Å². The van der Waals surface area contributed by atoms with E-state index < -0.39 is 10.7 Å². The van der Waals surface area contributed by atoms with E-state index in [4.69, 9.17) is 50.9 Å². The van der Waals surface area contributed by atoms with Crippen molar-refractivity contribution < 1.29 is 9.32 Å². The van der Waals surface area contributed by atoms with Crippen LogP contribution in [0.2, 0.25) is 10.0 Å². The van der Waals surface area contributed by atoms with Crippen molar-refractivity contribution >= 4 is 63.7 Å². The molecule has 1 saturated heterocycles. The third kappa shape index (κ3) is 6.73. The van der Waals surface area contributed by atoms with E-state index in [1.54, 1.807) is 47.5 Å². The lowest BCUT2D eigenvalue weighted by atomic mass is 10.1. The standard InChI is InChI=1S/C29H27Cl4N5O2/c30-22-4-1-5-23(31)27(22)25-18-26(40-36-25)24-17-21(10-11-35-24)38(29(39)28(32)33)14-2-3-19-6-8-20(9-7-19)37-15-12-34-13-16-37/h1,4-11,17-18,28,34H,2-3,12-16H2. The van der Waals surface area contributed by atoms with Crippen molar-refractivity contribution in [2.45, 2.75) is 17.7 Å². The Kier molecular flexibility index (Phi) is 9.50. The minimum Gasteiger partial charge on any atom is -0.369 e. The Morgan fingerprint density at radius 2 is 1.73 bits per heavy atom. The summed E-state index contributed by atoms with van der Waals surface area (Å²) >= 11 is 24.7. The van der Waals surface area contributed by atoms with Gasteiger partial charge in [0, 0.05) is 61.9 Å². The molecule has 0 aliphatic carbocycles. The maximum absolute atomic E-state index is 13.0. The summed E-state index contributed by atoms with van der Waals surface area (Å²) < 4.78 is 5.56. The largest absolute Gasteiger partial charge is 0.369 e. The second-order valence-electron chi connectivity index (χ2n) is 9.37. The van der Waals surface area contributed by atoms with E-state index in [9.17, 15) is 4.79 Å². The molecular formula is C29H27Cl4N5O2. The molecule has 11 heteroatoms. The van der Waals surface area contributed by atoms with E-state index in [1.165, 1.54) is 11.3 Å². The van der Waals surface area contributed by atoms with Gasteiger partial charge in [-0.25, -0.2) is 0 Å². The number of amides is 1. The lowest BCUT2D eigenvalue weighted by molar-refractivity contribution is -0.117. The number of hydrogen-bond donors (Lipinski definition) is 1. The highest BCUT2D eigenvalue weighted by atomic mass is 35.5. The van der Waals surface area contributed by atoms with Crippen LogP contribution in [0.25, 0.3) is 22.7 Å². The minimum atomic E-state index is -1.20. The zero-order valence-corrected chi connectivity index (χ0v) is 24.5. The van der Waals surface area contributed by atoms with Crippen molar-refractivity contribution in [1.29, 1.82) is 0 Å². The Balaban J connectivity index is 1.30. The van der Waals surface area contributed by atoms with E-state index in [0.29, 0.717) is 51.4 Å². The summed E-state index contributed by atoms with van der Waals surface area (Å²) in [6.45, 7) is 4.43. The number of hydrogen-bond acceptors (Lipinski definition) is 6. The van der Waals surface area contributed by atoms with Crippen LogP contribution in [0.1, 0.15) is 12.0 Å². The van der Waals surface area contributed by atoms with Crippen LogP contribution in [-0.4, -0.2) is 53.6 Å². The van der Waals surface area contributed by atoms with Gasteiger partial charge in [0.1, 0.15) is 11.4 Å². The molecule has 4 aromatic rings. The first-order valence-corrected chi connectivity index (χ1v) is 14.6. The summed E-state index contributed by atoms with van der Waals surface area (Å²) in [5.74, 6) is -0.00578. The molecule has 1 fully saturated rings. The molecule has 1 N–H and O–H groups in total. The molecule has 208 valence electrons. The molecule has 0 atom stereocenters. The van der Waals surface area contributed by atoms with Gasteiger partial charge in [0.2, 0.25) is 0 Å². The topological polar surface area (TPSA) is 74.5 Å². The van der Waals surface area contributed by atoms with Crippen LogP contribution < -0.4 is 15.1 Å². The molecule has 7 nitrogen and oxygen atoms in total. The maximum atomic E-state index is 13.0. The van der Waals surface area contributed by atoms with Crippen LogP contribution >= 0.6 is 46.4 Å². The summed E-state index contributed by atoms with van der Waals surface area (Å²) in [5, 5.41) is 8.42. The maximum Gasteiger partial charge on any atom is 0.260 e. The fraction of sp³-hybridized carbons (Fsp3) is 0.276.